The summed E-state index contributed by atoms with van der Waals surface area (Å²) in [5.74, 6) is -0.265. The quantitative estimate of drug-likeness (QED) is 0.764. The lowest BCUT2D eigenvalue weighted by Crippen LogP contribution is -2.48. The van der Waals surface area contributed by atoms with Gasteiger partial charge in [0.15, 0.2) is 11.5 Å². The van der Waals surface area contributed by atoms with Gasteiger partial charge in [0.2, 0.25) is 5.91 Å². The number of hydrogen-bond acceptors (Lipinski definition) is 7. The number of rotatable bonds is 5. The molecule has 29 heavy (non-hydrogen) atoms. The summed E-state index contributed by atoms with van der Waals surface area (Å²) in [6.07, 6.45) is 0. The Hall–Kier alpha value is -3.49. The molecule has 0 aliphatic carbocycles. The molecule has 2 amide bonds. The van der Waals surface area contributed by atoms with Crippen LogP contribution in [0.15, 0.2) is 36.4 Å². The average Bonchev–Trinajstić information content (AvgIpc) is 2.74. The molecule has 152 valence electrons. The highest BCUT2D eigenvalue weighted by Gasteiger charge is 2.21. The summed E-state index contributed by atoms with van der Waals surface area (Å²) >= 11 is 0. The van der Waals surface area contributed by atoms with Gasteiger partial charge in [-0.2, -0.15) is 0 Å². The number of nitrogens with zero attached hydrogens (tertiary/aromatic N) is 4. The molecule has 1 aromatic carbocycles. The van der Waals surface area contributed by atoms with Gasteiger partial charge in [0.1, 0.15) is 0 Å². The number of nitrogens with one attached hydrogen (secondary N) is 1. The molecule has 2 aromatic rings. The monoisotopic (exact) mass is 397 g/mol. The van der Waals surface area contributed by atoms with Crippen molar-refractivity contribution in [1.29, 1.82) is 0 Å². The van der Waals surface area contributed by atoms with Gasteiger partial charge in [-0.25, -0.2) is 4.79 Å². The SMILES string of the molecule is CCOC(=O)c1ccccc1NC(=O)c1ccc(N2CCN(C(C)=O)CC2)nn1. The Morgan fingerprint density at radius 3 is 2.38 bits per heavy atom. The number of hydrogen-bond donors (Lipinski definition) is 1. The number of anilines is 2. The van der Waals surface area contributed by atoms with E-state index in [-0.39, 0.29) is 23.8 Å². The minimum Gasteiger partial charge on any atom is -0.462 e. The number of benzene rings is 1. The highest BCUT2D eigenvalue weighted by Crippen LogP contribution is 2.18. The third kappa shape index (κ3) is 4.87. The van der Waals surface area contributed by atoms with E-state index in [0.717, 1.165) is 0 Å². The van der Waals surface area contributed by atoms with Crippen molar-refractivity contribution in [3.05, 3.63) is 47.7 Å². The third-order valence-electron chi connectivity index (χ3n) is 4.60. The summed E-state index contributed by atoms with van der Waals surface area (Å²) in [5.41, 5.74) is 0.757. The van der Waals surface area contributed by atoms with Gasteiger partial charge in [-0.15, -0.1) is 10.2 Å². The summed E-state index contributed by atoms with van der Waals surface area (Å²) in [7, 11) is 0. The van der Waals surface area contributed by atoms with Crippen molar-refractivity contribution in [3.63, 3.8) is 0 Å². The number of carbonyl (C=O) groups is 3. The van der Waals surface area contributed by atoms with E-state index in [1.807, 2.05) is 4.90 Å². The van der Waals surface area contributed by atoms with Crippen LogP contribution in [0.4, 0.5) is 11.5 Å². The van der Waals surface area contributed by atoms with Gasteiger partial charge in [-0.05, 0) is 31.2 Å². The number of para-hydroxylation sites is 1. The van der Waals surface area contributed by atoms with Crippen LogP contribution in [-0.2, 0) is 9.53 Å². The van der Waals surface area contributed by atoms with Gasteiger partial charge < -0.3 is 19.9 Å². The first-order valence-corrected chi connectivity index (χ1v) is 9.41. The maximum absolute atomic E-state index is 12.5. The van der Waals surface area contributed by atoms with E-state index < -0.39 is 11.9 Å². The van der Waals surface area contributed by atoms with Gasteiger partial charge in [0.05, 0.1) is 17.9 Å². The maximum Gasteiger partial charge on any atom is 0.340 e. The second kappa shape index (κ2) is 9.13. The van der Waals surface area contributed by atoms with Crippen LogP contribution in [0.3, 0.4) is 0 Å². The number of aromatic nitrogens is 2. The fourth-order valence-corrected chi connectivity index (χ4v) is 3.03. The third-order valence-corrected chi connectivity index (χ3v) is 4.60. The topological polar surface area (TPSA) is 105 Å². The Kier molecular flexibility index (Phi) is 6.38. The summed E-state index contributed by atoms with van der Waals surface area (Å²) in [5, 5.41) is 10.8. The number of carbonyl (C=O) groups excluding carboxylic acids is 3. The van der Waals surface area contributed by atoms with Crippen LogP contribution in [0.25, 0.3) is 0 Å². The van der Waals surface area contributed by atoms with Crippen molar-refractivity contribution < 1.29 is 19.1 Å². The zero-order chi connectivity index (χ0) is 20.8. The van der Waals surface area contributed by atoms with Crippen molar-refractivity contribution in [2.45, 2.75) is 13.8 Å². The molecule has 1 aliphatic heterocycles. The molecule has 0 unspecified atom stereocenters. The molecule has 0 atom stereocenters. The summed E-state index contributed by atoms with van der Waals surface area (Å²) < 4.78 is 5.01. The van der Waals surface area contributed by atoms with E-state index in [4.69, 9.17) is 4.74 Å². The number of ether oxygens (including phenoxy) is 1. The molecule has 1 N–H and O–H groups in total. The first kappa shape index (κ1) is 20.2. The van der Waals surface area contributed by atoms with Gasteiger partial charge in [-0.3, -0.25) is 9.59 Å². The molecule has 1 fully saturated rings. The van der Waals surface area contributed by atoms with Crippen LogP contribution in [0.1, 0.15) is 34.7 Å². The van der Waals surface area contributed by atoms with Crippen LogP contribution >= 0.6 is 0 Å². The summed E-state index contributed by atoms with van der Waals surface area (Å²) in [6.45, 7) is 6.10. The maximum atomic E-state index is 12.5. The van der Waals surface area contributed by atoms with Crippen LogP contribution < -0.4 is 10.2 Å². The molecule has 0 spiro atoms. The molecule has 0 bridgehead atoms. The van der Waals surface area contributed by atoms with Gasteiger partial charge in [0.25, 0.3) is 5.91 Å². The summed E-state index contributed by atoms with van der Waals surface area (Å²) in [6, 6.07) is 9.93. The van der Waals surface area contributed by atoms with Crippen molar-refractivity contribution in [2.24, 2.45) is 0 Å². The van der Waals surface area contributed by atoms with Crippen molar-refractivity contribution in [1.82, 2.24) is 15.1 Å². The fourth-order valence-electron chi connectivity index (χ4n) is 3.03. The van der Waals surface area contributed by atoms with E-state index in [2.05, 4.69) is 15.5 Å². The van der Waals surface area contributed by atoms with E-state index in [0.29, 0.717) is 37.7 Å². The van der Waals surface area contributed by atoms with Gasteiger partial charge >= 0.3 is 5.97 Å². The molecule has 9 nitrogen and oxygen atoms in total. The first-order valence-electron chi connectivity index (χ1n) is 9.41. The Morgan fingerprint density at radius 1 is 1.03 bits per heavy atom. The normalized spacial score (nSPS) is 13.7. The number of esters is 1. The van der Waals surface area contributed by atoms with E-state index in [1.54, 1.807) is 55.1 Å². The predicted octanol–water partition coefficient (Wildman–Crippen LogP) is 1.57. The van der Waals surface area contributed by atoms with E-state index >= 15 is 0 Å². The molecule has 2 heterocycles. The van der Waals surface area contributed by atoms with Crippen LogP contribution in [0.2, 0.25) is 0 Å². The predicted molar refractivity (Wildman–Crippen MR) is 107 cm³/mol. The minimum absolute atomic E-state index is 0.0610. The molecule has 1 aliphatic rings. The largest absolute Gasteiger partial charge is 0.462 e. The highest BCUT2D eigenvalue weighted by molar-refractivity contribution is 6.07. The van der Waals surface area contributed by atoms with Crippen LogP contribution in [0, 0.1) is 0 Å². The zero-order valence-electron chi connectivity index (χ0n) is 16.4. The molecular weight excluding hydrogens is 374 g/mol. The molecule has 3 rings (SSSR count). The molecule has 1 saturated heterocycles. The van der Waals surface area contributed by atoms with Crippen molar-refractivity contribution in [3.8, 4) is 0 Å². The number of amides is 2. The zero-order valence-corrected chi connectivity index (χ0v) is 16.4. The lowest BCUT2D eigenvalue weighted by molar-refractivity contribution is -0.129. The smallest absolute Gasteiger partial charge is 0.340 e. The fraction of sp³-hybridized carbons (Fsp3) is 0.350. The lowest BCUT2D eigenvalue weighted by atomic mass is 10.1. The van der Waals surface area contributed by atoms with Crippen LogP contribution in [-0.4, -0.2) is 65.7 Å². The van der Waals surface area contributed by atoms with Gasteiger partial charge in [-0.1, -0.05) is 12.1 Å². The second-order valence-electron chi connectivity index (χ2n) is 6.49. The molecule has 0 saturated carbocycles. The first-order chi connectivity index (χ1) is 14.0. The Labute approximate surface area is 168 Å². The molecular formula is C20H23N5O4. The Bertz CT molecular complexity index is 892. The summed E-state index contributed by atoms with van der Waals surface area (Å²) in [4.78, 5) is 39.8. The molecule has 1 aromatic heterocycles. The Morgan fingerprint density at radius 2 is 1.76 bits per heavy atom. The van der Waals surface area contributed by atoms with Crippen molar-refractivity contribution >= 4 is 29.3 Å². The van der Waals surface area contributed by atoms with Crippen molar-refractivity contribution in [2.75, 3.05) is 43.0 Å². The second-order valence-corrected chi connectivity index (χ2v) is 6.49. The average molecular weight is 397 g/mol. The Balaban J connectivity index is 1.66. The van der Waals surface area contributed by atoms with E-state index in [9.17, 15) is 14.4 Å². The highest BCUT2D eigenvalue weighted by atomic mass is 16.5. The lowest BCUT2D eigenvalue weighted by Gasteiger charge is -2.34. The molecule has 9 heteroatoms. The standard InChI is InChI=1S/C20H23N5O4/c1-3-29-20(28)15-6-4-5-7-16(15)21-19(27)17-8-9-18(23-22-17)25-12-10-24(11-13-25)14(2)26/h4-9H,3,10-13H2,1-2H3,(H,21,27). The molecule has 0 radical (unpaired) electrons. The van der Waals surface area contributed by atoms with Gasteiger partial charge in [0, 0.05) is 33.1 Å². The number of piperazine rings is 1. The minimum atomic E-state index is -0.505. The van der Waals surface area contributed by atoms with Crippen LogP contribution in [0.5, 0.6) is 0 Å². The van der Waals surface area contributed by atoms with E-state index in [1.165, 1.54) is 0 Å².